The maximum absolute atomic E-state index is 13.4. The van der Waals surface area contributed by atoms with E-state index in [1.807, 2.05) is 6.92 Å². The van der Waals surface area contributed by atoms with E-state index in [9.17, 15) is 53.1 Å². The Kier molecular flexibility index (Phi) is 14.8. The molecule has 0 fully saturated rings. The van der Waals surface area contributed by atoms with Crippen LogP contribution in [-0.2, 0) is 16.3 Å². The van der Waals surface area contributed by atoms with Crippen molar-refractivity contribution >= 4 is 51.3 Å². The zero-order valence-corrected chi connectivity index (χ0v) is 28.7. The third-order valence-corrected chi connectivity index (χ3v) is 8.81. The fourth-order valence-corrected chi connectivity index (χ4v) is 5.40. The van der Waals surface area contributed by atoms with Crippen LogP contribution in [0.1, 0.15) is 37.4 Å². The number of aryl methyl sites for hydroxylation is 1. The minimum absolute atomic E-state index is 0.00407. The summed E-state index contributed by atoms with van der Waals surface area (Å²) in [7, 11) is -3.50. The number of hydrogen-bond donors (Lipinski definition) is 0. The van der Waals surface area contributed by atoms with Crippen LogP contribution in [0.3, 0.4) is 0 Å². The highest BCUT2D eigenvalue weighted by Gasteiger charge is 2.20. The summed E-state index contributed by atoms with van der Waals surface area (Å²) in [5.41, 5.74) is -0.197. The fraction of sp³-hybridized carbons (Fsp3) is 0.0833. The van der Waals surface area contributed by atoms with Gasteiger partial charge in [0.1, 0.15) is 52.4 Å². The van der Waals surface area contributed by atoms with Gasteiger partial charge in [0, 0.05) is 52.5 Å². The van der Waals surface area contributed by atoms with Crippen molar-refractivity contribution in [1.82, 2.24) is 0 Å². The van der Waals surface area contributed by atoms with Crippen LogP contribution in [0.2, 0.25) is 10.0 Å². The van der Waals surface area contributed by atoms with E-state index < -0.39 is 85.6 Å². The molecular formula is C36H23Cl2F8NO4S. The number of nitrogens with zero attached hydrogens (tertiary/aromatic N) is 1. The second-order valence-corrected chi connectivity index (χ2v) is 13.3. The Morgan fingerprint density at radius 1 is 0.673 bits per heavy atom. The summed E-state index contributed by atoms with van der Waals surface area (Å²) in [6.07, 6.45) is 0.775. The molecule has 0 bridgehead atoms. The number of aldehydes is 1. The average molecular weight is 789 g/mol. The minimum Gasteiger partial charge on any atom is -0.298 e. The minimum atomic E-state index is -3.50. The van der Waals surface area contributed by atoms with Gasteiger partial charge in [0.2, 0.25) is 0 Å². The van der Waals surface area contributed by atoms with E-state index in [-0.39, 0.29) is 21.8 Å². The number of halogens is 10. The van der Waals surface area contributed by atoms with Gasteiger partial charge in [0.15, 0.2) is 21.9 Å². The normalized spacial score (nSPS) is 11.0. The largest absolute Gasteiger partial charge is 0.298 e. The molecule has 5 aromatic rings. The maximum atomic E-state index is 13.4. The van der Waals surface area contributed by atoms with Crippen molar-refractivity contribution < 1.29 is 53.1 Å². The van der Waals surface area contributed by atoms with Crippen LogP contribution >= 0.6 is 23.2 Å². The quantitative estimate of drug-likeness (QED) is 0.0679. The Morgan fingerprint density at radius 2 is 1.17 bits per heavy atom. The molecule has 0 aromatic heterocycles. The van der Waals surface area contributed by atoms with Gasteiger partial charge < -0.3 is 0 Å². The van der Waals surface area contributed by atoms with E-state index in [1.165, 1.54) is 42.6 Å². The van der Waals surface area contributed by atoms with Gasteiger partial charge in [-0.05, 0) is 61.0 Å². The zero-order chi connectivity index (χ0) is 38.7. The number of carbonyl (C=O) groups is 2. The highest BCUT2D eigenvalue weighted by molar-refractivity contribution is 7.91. The summed E-state index contributed by atoms with van der Waals surface area (Å²) in [5, 5.41) is 0.413. The number of sulfone groups is 1. The first-order chi connectivity index (χ1) is 24.4. The second-order valence-electron chi connectivity index (χ2n) is 10.5. The van der Waals surface area contributed by atoms with Crippen molar-refractivity contribution in [2.75, 3.05) is 5.88 Å². The highest BCUT2D eigenvalue weighted by Crippen LogP contribution is 2.22. The Bertz CT molecular complexity index is 2190. The number of benzene rings is 5. The molecule has 52 heavy (non-hydrogen) atoms. The van der Waals surface area contributed by atoms with Gasteiger partial charge in [-0.2, -0.15) is 0 Å². The summed E-state index contributed by atoms with van der Waals surface area (Å²) in [4.78, 5) is 25.9. The van der Waals surface area contributed by atoms with Gasteiger partial charge in [-0.25, -0.2) is 43.5 Å². The van der Waals surface area contributed by atoms with Gasteiger partial charge in [0.05, 0.1) is 16.0 Å². The lowest BCUT2D eigenvalue weighted by Gasteiger charge is -2.06. The molecule has 16 heteroatoms. The molecular weight excluding hydrogens is 765 g/mol. The van der Waals surface area contributed by atoms with E-state index in [1.54, 1.807) is 12.1 Å². The first kappa shape index (κ1) is 41.5. The molecule has 5 rings (SSSR count). The molecule has 0 radical (unpaired) electrons. The number of rotatable bonds is 8. The summed E-state index contributed by atoms with van der Waals surface area (Å²) >= 11 is 11.6. The molecule has 0 saturated carbocycles. The molecule has 0 heterocycles. The number of Topliss-reactive ketones (excluding diaryl/α,β-unsaturated/α-hetero) is 1. The Hall–Kier alpha value is -4.92. The molecule has 0 amide bonds. The van der Waals surface area contributed by atoms with Gasteiger partial charge in [-0.3, -0.25) is 14.6 Å². The van der Waals surface area contributed by atoms with E-state index in [4.69, 9.17) is 23.2 Å². The van der Waals surface area contributed by atoms with Crippen LogP contribution < -0.4 is 0 Å². The van der Waals surface area contributed by atoms with Crippen LogP contribution in [0, 0.1) is 53.5 Å². The summed E-state index contributed by atoms with van der Waals surface area (Å²) in [6, 6.07) is 15.4. The summed E-state index contributed by atoms with van der Waals surface area (Å²) in [5.74, 6) is -9.59. The van der Waals surface area contributed by atoms with Crippen molar-refractivity contribution in [2.24, 2.45) is 4.99 Å². The fourth-order valence-electron chi connectivity index (χ4n) is 4.08. The van der Waals surface area contributed by atoms with Crippen molar-refractivity contribution in [3.63, 3.8) is 0 Å². The second kappa shape index (κ2) is 18.5. The highest BCUT2D eigenvalue weighted by atomic mass is 35.5. The predicted octanol–water partition coefficient (Wildman–Crippen LogP) is 9.88. The average Bonchev–Trinajstić information content (AvgIpc) is 3.04. The third kappa shape index (κ3) is 11.8. The standard InChI is InChI=1S/C15H13ClFNO2S.C14H7ClF4O.C7H3F3O/c1-11-2-5-14(6-3-11)21(19,20)10-18-9-12-8-13(17)4-7-15(12)16;15-10-2-1-8(16)3-7(10)4-13(20)14-11(18)5-9(17)6-12(14)19;8-4-1-6(9)5(3-11)7(10)2-4/h2-9H,10H2,1H3;1-3,5-6H,4H2;1-3H. The Labute approximate surface area is 302 Å². The number of aliphatic imine (C=N–C) groups is 1. The number of carbonyl (C=O) groups excluding carboxylic acids is 2. The lowest BCUT2D eigenvalue weighted by atomic mass is 10.0. The van der Waals surface area contributed by atoms with Crippen LogP contribution in [0.5, 0.6) is 0 Å². The van der Waals surface area contributed by atoms with Gasteiger partial charge in [0.25, 0.3) is 0 Å². The summed E-state index contributed by atoms with van der Waals surface area (Å²) in [6.45, 7) is 1.88. The molecule has 0 N–H and O–H groups in total. The first-order valence-corrected chi connectivity index (χ1v) is 16.8. The Balaban J connectivity index is 0.000000221. The van der Waals surface area contributed by atoms with E-state index >= 15 is 0 Å². The van der Waals surface area contributed by atoms with Crippen molar-refractivity contribution in [3.8, 4) is 0 Å². The van der Waals surface area contributed by atoms with Gasteiger partial charge >= 0.3 is 0 Å². The van der Waals surface area contributed by atoms with E-state index in [2.05, 4.69) is 4.99 Å². The molecule has 0 unspecified atom stereocenters. The van der Waals surface area contributed by atoms with Gasteiger partial charge in [-0.15, -0.1) is 0 Å². The molecule has 0 aliphatic rings. The number of ketones is 1. The van der Waals surface area contributed by atoms with Crippen LogP contribution in [-0.4, -0.2) is 32.6 Å². The van der Waals surface area contributed by atoms with Gasteiger partial charge in [-0.1, -0.05) is 40.9 Å². The molecule has 0 spiro atoms. The topological polar surface area (TPSA) is 80.6 Å². The molecule has 5 nitrogen and oxygen atoms in total. The van der Waals surface area contributed by atoms with E-state index in [0.29, 0.717) is 34.9 Å². The lowest BCUT2D eigenvalue weighted by molar-refractivity contribution is 0.0984. The SMILES string of the molecule is Cc1ccc(S(=O)(=O)CN=Cc2cc(F)ccc2Cl)cc1.O=C(Cc1cc(F)ccc1Cl)c1c(F)cc(F)cc1F.O=Cc1c(F)cc(F)cc1F. The van der Waals surface area contributed by atoms with Crippen LogP contribution in [0.25, 0.3) is 0 Å². The molecule has 0 aliphatic heterocycles. The molecule has 272 valence electrons. The summed E-state index contributed by atoms with van der Waals surface area (Å²) < 4.78 is 127. The number of hydrogen-bond acceptors (Lipinski definition) is 5. The first-order valence-electron chi connectivity index (χ1n) is 14.4. The zero-order valence-electron chi connectivity index (χ0n) is 26.4. The molecule has 5 aromatic carbocycles. The van der Waals surface area contributed by atoms with Crippen LogP contribution in [0.15, 0.2) is 94.8 Å². The lowest BCUT2D eigenvalue weighted by Crippen LogP contribution is -2.10. The Morgan fingerprint density at radius 3 is 1.71 bits per heavy atom. The van der Waals surface area contributed by atoms with Crippen molar-refractivity contribution in [2.45, 2.75) is 18.2 Å². The van der Waals surface area contributed by atoms with Crippen molar-refractivity contribution in [3.05, 3.63) is 169 Å². The molecule has 0 aliphatic carbocycles. The van der Waals surface area contributed by atoms with E-state index in [0.717, 1.165) is 17.7 Å². The monoisotopic (exact) mass is 787 g/mol. The van der Waals surface area contributed by atoms with Crippen molar-refractivity contribution in [1.29, 1.82) is 0 Å². The molecule has 0 atom stereocenters. The smallest absolute Gasteiger partial charge is 0.198 e. The molecule has 0 saturated heterocycles. The maximum Gasteiger partial charge on any atom is 0.198 e. The van der Waals surface area contributed by atoms with Crippen LogP contribution in [0.4, 0.5) is 35.1 Å². The third-order valence-electron chi connectivity index (χ3n) is 6.62. The predicted molar refractivity (Wildman–Crippen MR) is 180 cm³/mol.